The van der Waals surface area contributed by atoms with Crippen molar-refractivity contribution in [3.05, 3.63) is 18.0 Å². The first-order chi connectivity index (χ1) is 9.89. The molecule has 1 saturated carbocycles. The SMILES string of the molecule is CCC(CCO)NS(=O)(=O)c1cc(C(=O)O)n(C2CC2)c1. The third-order valence-electron chi connectivity index (χ3n) is 3.59. The molecule has 1 aliphatic rings. The van der Waals surface area contributed by atoms with Gasteiger partial charge in [0.25, 0.3) is 0 Å². The summed E-state index contributed by atoms with van der Waals surface area (Å²) >= 11 is 0. The smallest absolute Gasteiger partial charge is 0.352 e. The number of hydrogen-bond donors (Lipinski definition) is 3. The Morgan fingerprint density at radius 1 is 1.52 bits per heavy atom. The Morgan fingerprint density at radius 3 is 2.67 bits per heavy atom. The molecule has 0 aromatic carbocycles. The number of hydrogen-bond acceptors (Lipinski definition) is 4. The minimum Gasteiger partial charge on any atom is -0.477 e. The predicted molar refractivity (Wildman–Crippen MR) is 75.8 cm³/mol. The molecule has 0 aliphatic heterocycles. The summed E-state index contributed by atoms with van der Waals surface area (Å²) in [7, 11) is -3.78. The topological polar surface area (TPSA) is 109 Å². The Bertz CT molecular complexity index is 619. The van der Waals surface area contributed by atoms with Gasteiger partial charge in [0, 0.05) is 24.9 Å². The minimum atomic E-state index is -3.78. The predicted octanol–water partition coefficient (Wildman–Crippen LogP) is 0.960. The average molecular weight is 316 g/mol. The molecule has 1 aromatic rings. The third-order valence-corrected chi connectivity index (χ3v) is 5.07. The molecule has 1 aromatic heterocycles. The van der Waals surface area contributed by atoms with Crippen molar-refractivity contribution >= 4 is 16.0 Å². The molecule has 8 heteroatoms. The number of carbonyl (C=O) groups is 1. The number of carboxylic acids is 1. The van der Waals surface area contributed by atoms with Gasteiger partial charge < -0.3 is 14.8 Å². The molecule has 1 aliphatic carbocycles. The molecule has 1 atom stereocenters. The lowest BCUT2D eigenvalue weighted by molar-refractivity contribution is 0.0685. The van der Waals surface area contributed by atoms with Gasteiger partial charge in [0.2, 0.25) is 10.0 Å². The van der Waals surface area contributed by atoms with Crippen LogP contribution < -0.4 is 4.72 Å². The van der Waals surface area contributed by atoms with Crippen LogP contribution in [0, 0.1) is 0 Å². The molecule has 118 valence electrons. The number of nitrogens with one attached hydrogen (secondary N) is 1. The Labute approximate surface area is 123 Å². The summed E-state index contributed by atoms with van der Waals surface area (Å²) in [5.74, 6) is -1.13. The molecule has 0 bridgehead atoms. The van der Waals surface area contributed by atoms with Gasteiger partial charge in [-0.15, -0.1) is 0 Å². The average Bonchev–Trinajstić information content (AvgIpc) is 3.15. The normalized spacial score (nSPS) is 16.9. The Hall–Kier alpha value is -1.38. The Morgan fingerprint density at radius 2 is 2.19 bits per heavy atom. The van der Waals surface area contributed by atoms with Crippen LogP contribution in [0.25, 0.3) is 0 Å². The Kier molecular flexibility index (Phi) is 4.70. The van der Waals surface area contributed by atoms with E-state index in [0.29, 0.717) is 12.8 Å². The lowest BCUT2D eigenvalue weighted by Gasteiger charge is -2.15. The zero-order chi connectivity index (χ0) is 15.6. The molecule has 21 heavy (non-hydrogen) atoms. The van der Waals surface area contributed by atoms with Gasteiger partial charge in [-0.1, -0.05) is 6.92 Å². The molecule has 0 spiro atoms. The lowest BCUT2D eigenvalue weighted by atomic mass is 10.2. The maximum atomic E-state index is 12.3. The van der Waals surface area contributed by atoms with Crippen molar-refractivity contribution in [2.24, 2.45) is 0 Å². The van der Waals surface area contributed by atoms with Crippen molar-refractivity contribution in [2.75, 3.05) is 6.61 Å². The second-order valence-corrected chi connectivity index (χ2v) is 6.96. The third kappa shape index (κ3) is 3.63. The minimum absolute atomic E-state index is 0.00641. The summed E-state index contributed by atoms with van der Waals surface area (Å²) in [5.41, 5.74) is -0.00641. The number of sulfonamides is 1. The lowest BCUT2D eigenvalue weighted by Crippen LogP contribution is -2.34. The van der Waals surface area contributed by atoms with Crippen LogP contribution in [0.4, 0.5) is 0 Å². The van der Waals surface area contributed by atoms with Gasteiger partial charge in [0.15, 0.2) is 0 Å². The second-order valence-electron chi connectivity index (χ2n) is 5.24. The largest absolute Gasteiger partial charge is 0.477 e. The van der Waals surface area contributed by atoms with Crippen molar-refractivity contribution in [3.8, 4) is 0 Å². The van der Waals surface area contributed by atoms with Crippen LogP contribution in [-0.2, 0) is 10.0 Å². The van der Waals surface area contributed by atoms with E-state index in [2.05, 4.69) is 4.72 Å². The standard InChI is InChI=1S/C13H20N2O5S/c1-2-9(5-6-16)14-21(19,20)11-7-12(13(17)18)15(8-11)10-3-4-10/h7-10,14,16H,2-6H2,1H3,(H,17,18). The van der Waals surface area contributed by atoms with E-state index in [1.54, 1.807) is 0 Å². The first-order valence-electron chi connectivity index (χ1n) is 6.97. The van der Waals surface area contributed by atoms with Gasteiger partial charge in [0.1, 0.15) is 10.6 Å². The first kappa shape index (κ1) is 16.0. The van der Waals surface area contributed by atoms with Crippen LogP contribution in [0.1, 0.15) is 49.1 Å². The van der Waals surface area contributed by atoms with Gasteiger partial charge in [-0.05, 0) is 31.7 Å². The molecular formula is C13H20N2O5S. The van der Waals surface area contributed by atoms with Crippen LogP contribution >= 0.6 is 0 Å². The number of aromatic nitrogens is 1. The van der Waals surface area contributed by atoms with Gasteiger partial charge in [-0.2, -0.15) is 0 Å². The molecule has 2 rings (SSSR count). The molecule has 0 saturated heterocycles. The number of carboxylic acid groups (broad SMARTS) is 1. The van der Waals surface area contributed by atoms with Crippen molar-refractivity contribution in [1.29, 1.82) is 0 Å². The summed E-state index contributed by atoms with van der Waals surface area (Å²) < 4.78 is 28.6. The summed E-state index contributed by atoms with van der Waals surface area (Å²) in [6.45, 7) is 1.71. The fourth-order valence-corrected chi connectivity index (χ4v) is 3.60. The van der Waals surface area contributed by atoms with Crippen LogP contribution in [0.3, 0.4) is 0 Å². The van der Waals surface area contributed by atoms with Crippen LogP contribution in [0.5, 0.6) is 0 Å². The van der Waals surface area contributed by atoms with E-state index in [1.165, 1.54) is 16.8 Å². The summed E-state index contributed by atoms with van der Waals surface area (Å²) in [5, 5.41) is 18.1. The van der Waals surface area contributed by atoms with E-state index in [4.69, 9.17) is 10.2 Å². The van der Waals surface area contributed by atoms with Gasteiger partial charge in [-0.25, -0.2) is 17.9 Å². The number of aromatic carboxylic acids is 1. The zero-order valence-corrected chi connectivity index (χ0v) is 12.6. The van der Waals surface area contributed by atoms with Gasteiger partial charge in [-0.3, -0.25) is 0 Å². The highest BCUT2D eigenvalue weighted by Gasteiger charge is 2.31. The van der Waals surface area contributed by atoms with E-state index in [1.807, 2.05) is 6.92 Å². The van der Waals surface area contributed by atoms with Crippen LogP contribution in [0.15, 0.2) is 17.2 Å². The summed E-state index contributed by atoms with van der Waals surface area (Å²) in [4.78, 5) is 11.2. The van der Waals surface area contributed by atoms with Crippen LogP contribution in [0.2, 0.25) is 0 Å². The fourth-order valence-electron chi connectivity index (χ4n) is 2.22. The summed E-state index contributed by atoms with van der Waals surface area (Å²) in [6, 6.07) is 0.909. The molecular weight excluding hydrogens is 296 g/mol. The van der Waals surface area contributed by atoms with E-state index in [0.717, 1.165) is 12.8 Å². The number of aliphatic hydroxyl groups excluding tert-OH is 1. The van der Waals surface area contributed by atoms with Crippen molar-refractivity contribution in [1.82, 2.24) is 9.29 Å². The van der Waals surface area contributed by atoms with Crippen molar-refractivity contribution in [2.45, 2.75) is 49.6 Å². The summed E-state index contributed by atoms with van der Waals surface area (Å²) in [6.07, 6.45) is 3.99. The van der Waals surface area contributed by atoms with Crippen LogP contribution in [-0.4, -0.2) is 41.8 Å². The maximum Gasteiger partial charge on any atom is 0.352 e. The van der Waals surface area contributed by atoms with E-state index >= 15 is 0 Å². The molecule has 3 N–H and O–H groups in total. The van der Waals surface area contributed by atoms with Crippen molar-refractivity contribution < 1.29 is 23.4 Å². The molecule has 1 heterocycles. The molecule has 0 radical (unpaired) electrons. The number of nitrogens with zero attached hydrogens (tertiary/aromatic N) is 1. The number of aliphatic hydroxyl groups is 1. The molecule has 7 nitrogen and oxygen atoms in total. The molecule has 1 unspecified atom stereocenters. The van der Waals surface area contributed by atoms with E-state index in [-0.39, 0.29) is 29.3 Å². The monoisotopic (exact) mass is 316 g/mol. The van der Waals surface area contributed by atoms with Crippen molar-refractivity contribution in [3.63, 3.8) is 0 Å². The number of rotatable bonds is 8. The quantitative estimate of drug-likeness (QED) is 0.662. The fraction of sp³-hybridized carbons (Fsp3) is 0.615. The Balaban J connectivity index is 2.27. The van der Waals surface area contributed by atoms with Gasteiger partial charge >= 0.3 is 5.97 Å². The van der Waals surface area contributed by atoms with E-state index < -0.39 is 16.0 Å². The molecule has 1 fully saturated rings. The highest BCUT2D eigenvalue weighted by molar-refractivity contribution is 7.89. The second kappa shape index (κ2) is 6.17. The highest BCUT2D eigenvalue weighted by Crippen LogP contribution is 2.37. The first-order valence-corrected chi connectivity index (χ1v) is 8.45. The van der Waals surface area contributed by atoms with E-state index in [9.17, 15) is 13.2 Å². The van der Waals surface area contributed by atoms with Gasteiger partial charge in [0.05, 0.1) is 0 Å². The molecule has 0 amide bonds. The highest BCUT2D eigenvalue weighted by atomic mass is 32.2. The zero-order valence-electron chi connectivity index (χ0n) is 11.8. The maximum absolute atomic E-state index is 12.3.